The normalized spacial score (nSPS) is 10.7. The molecule has 0 unspecified atom stereocenters. The Morgan fingerprint density at radius 3 is 2.64 bits per heavy atom. The second-order valence-electron chi connectivity index (χ2n) is 4.54. The highest BCUT2D eigenvalue weighted by molar-refractivity contribution is 6.67. The van der Waals surface area contributed by atoms with Crippen LogP contribution in [0.5, 0.6) is 0 Å². The van der Waals surface area contributed by atoms with E-state index in [1.165, 1.54) is 24.4 Å². The minimum atomic E-state index is -0.609. The molecule has 0 N–H and O–H groups in total. The van der Waals surface area contributed by atoms with Gasteiger partial charge in [0.05, 0.1) is 11.3 Å². The number of carbonyl (C=O) groups excluding carboxylic acids is 1. The first-order chi connectivity index (χ1) is 10.5. The van der Waals surface area contributed by atoms with E-state index in [1.807, 2.05) is 0 Å². The molecule has 7 heteroatoms. The van der Waals surface area contributed by atoms with Gasteiger partial charge >= 0.3 is 0 Å². The van der Waals surface area contributed by atoms with Crippen LogP contribution < -0.4 is 0 Å². The van der Waals surface area contributed by atoms with Crippen LogP contribution in [0.3, 0.4) is 0 Å². The summed E-state index contributed by atoms with van der Waals surface area (Å²) in [6, 6.07) is 7.58. The van der Waals surface area contributed by atoms with Crippen LogP contribution >= 0.6 is 11.6 Å². The lowest BCUT2D eigenvalue weighted by atomic mass is 10.1. The highest BCUT2D eigenvalue weighted by Crippen LogP contribution is 2.25. The standard InChI is InChI=1S/C15H9ClFN3O2/c1-8-19-15(20-22-8)9-2-4-11(12(17)6-9)13-5-3-10(7-18-13)14(16)21/h2-7H,1H3. The molecule has 0 saturated carbocycles. The molecular formula is C15H9ClFN3O2. The van der Waals surface area contributed by atoms with Crippen molar-refractivity contribution in [2.75, 3.05) is 0 Å². The lowest BCUT2D eigenvalue weighted by Crippen LogP contribution is -1.93. The van der Waals surface area contributed by atoms with Crippen molar-refractivity contribution in [3.63, 3.8) is 0 Å². The molecule has 5 nitrogen and oxygen atoms in total. The fourth-order valence-electron chi connectivity index (χ4n) is 1.95. The number of hydrogen-bond donors (Lipinski definition) is 0. The molecule has 0 saturated heterocycles. The number of rotatable bonds is 3. The van der Waals surface area contributed by atoms with Crippen LogP contribution in [-0.4, -0.2) is 20.4 Å². The van der Waals surface area contributed by atoms with Gasteiger partial charge in [0.2, 0.25) is 11.7 Å². The summed E-state index contributed by atoms with van der Waals surface area (Å²) in [7, 11) is 0. The number of nitrogens with zero attached hydrogens (tertiary/aromatic N) is 3. The smallest absolute Gasteiger partial charge is 0.253 e. The molecule has 0 aliphatic rings. The zero-order chi connectivity index (χ0) is 15.7. The number of hydrogen-bond acceptors (Lipinski definition) is 5. The van der Waals surface area contributed by atoms with Crippen LogP contribution in [0.1, 0.15) is 16.2 Å². The third kappa shape index (κ3) is 2.73. The summed E-state index contributed by atoms with van der Waals surface area (Å²) in [5.74, 6) is 0.249. The Morgan fingerprint density at radius 2 is 2.09 bits per heavy atom. The molecule has 2 heterocycles. The predicted molar refractivity (Wildman–Crippen MR) is 77.8 cm³/mol. The first kappa shape index (κ1) is 14.3. The molecule has 22 heavy (non-hydrogen) atoms. The number of halogens is 2. The SMILES string of the molecule is Cc1nc(-c2ccc(-c3ccc(C(=O)Cl)cn3)c(F)c2)no1. The lowest BCUT2D eigenvalue weighted by Gasteiger charge is -2.04. The van der Waals surface area contributed by atoms with E-state index in [0.717, 1.165) is 0 Å². The summed E-state index contributed by atoms with van der Waals surface area (Å²) in [6.45, 7) is 1.66. The van der Waals surface area contributed by atoms with Crippen molar-refractivity contribution in [2.24, 2.45) is 0 Å². The van der Waals surface area contributed by atoms with Gasteiger partial charge in [-0.15, -0.1) is 0 Å². The molecule has 0 radical (unpaired) electrons. The minimum absolute atomic E-state index is 0.254. The van der Waals surface area contributed by atoms with Gasteiger partial charge in [-0.25, -0.2) is 4.39 Å². The number of benzene rings is 1. The largest absolute Gasteiger partial charge is 0.339 e. The van der Waals surface area contributed by atoms with Crippen molar-refractivity contribution in [1.29, 1.82) is 0 Å². The Kier molecular flexibility index (Phi) is 3.68. The fourth-order valence-corrected chi connectivity index (χ4v) is 2.06. The van der Waals surface area contributed by atoms with E-state index in [2.05, 4.69) is 15.1 Å². The highest BCUT2D eigenvalue weighted by atomic mass is 35.5. The summed E-state index contributed by atoms with van der Waals surface area (Å²) < 4.78 is 19.1. The third-order valence-electron chi connectivity index (χ3n) is 3.02. The average molecular weight is 318 g/mol. The number of pyridine rings is 1. The molecule has 0 atom stereocenters. The van der Waals surface area contributed by atoms with E-state index in [4.69, 9.17) is 16.1 Å². The second kappa shape index (κ2) is 5.65. The summed E-state index contributed by atoms with van der Waals surface area (Å²) >= 11 is 5.35. The van der Waals surface area contributed by atoms with Gasteiger partial charge in [-0.05, 0) is 35.9 Å². The van der Waals surface area contributed by atoms with E-state index in [0.29, 0.717) is 28.5 Å². The van der Waals surface area contributed by atoms with Gasteiger partial charge in [-0.3, -0.25) is 9.78 Å². The topological polar surface area (TPSA) is 68.9 Å². The number of carbonyl (C=O) groups is 1. The van der Waals surface area contributed by atoms with Crippen LogP contribution in [0.15, 0.2) is 41.1 Å². The van der Waals surface area contributed by atoms with Gasteiger partial charge in [0.1, 0.15) is 5.82 Å². The monoisotopic (exact) mass is 317 g/mol. The maximum absolute atomic E-state index is 14.3. The van der Waals surface area contributed by atoms with E-state index < -0.39 is 11.1 Å². The molecule has 0 aliphatic heterocycles. The molecule has 0 fully saturated rings. The van der Waals surface area contributed by atoms with E-state index in [9.17, 15) is 9.18 Å². The Labute approximate surface area is 129 Å². The van der Waals surface area contributed by atoms with Crippen molar-refractivity contribution in [3.05, 3.63) is 53.8 Å². The van der Waals surface area contributed by atoms with Crippen molar-refractivity contribution >= 4 is 16.8 Å². The summed E-state index contributed by atoms with van der Waals surface area (Å²) in [6.07, 6.45) is 1.31. The Balaban J connectivity index is 1.96. The maximum Gasteiger partial charge on any atom is 0.253 e. The van der Waals surface area contributed by atoms with Crippen LogP contribution in [0.2, 0.25) is 0 Å². The van der Waals surface area contributed by atoms with Gasteiger partial charge in [-0.1, -0.05) is 11.2 Å². The second-order valence-corrected chi connectivity index (χ2v) is 4.88. The Bertz CT molecular complexity index is 846. The summed E-state index contributed by atoms with van der Waals surface area (Å²) in [4.78, 5) is 19.1. The van der Waals surface area contributed by atoms with E-state index in [-0.39, 0.29) is 5.56 Å². The first-order valence-electron chi connectivity index (χ1n) is 6.31. The van der Waals surface area contributed by atoms with Gasteiger partial charge in [0.25, 0.3) is 5.24 Å². The molecule has 0 bridgehead atoms. The van der Waals surface area contributed by atoms with Crippen LogP contribution in [-0.2, 0) is 0 Å². The quantitative estimate of drug-likeness (QED) is 0.690. The van der Waals surface area contributed by atoms with Gasteiger partial charge in [0, 0.05) is 24.2 Å². The van der Waals surface area contributed by atoms with Crippen LogP contribution in [0.25, 0.3) is 22.6 Å². The number of aryl methyl sites for hydroxylation is 1. The molecule has 0 amide bonds. The molecule has 3 rings (SSSR count). The highest BCUT2D eigenvalue weighted by Gasteiger charge is 2.12. The molecule has 2 aromatic heterocycles. The van der Waals surface area contributed by atoms with E-state index in [1.54, 1.807) is 19.1 Å². The van der Waals surface area contributed by atoms with Gasteiger partial charge in [-0.2, -0.15) is 4.98 Å². The molecule has 0 aliphatic carbocycles. The lowest BCUT2D eigenvalue weighted by molar-refractivity contribution is 0.108. The van der Waals surface area contributed by atoms with E-state index >= 15 is 0 Å². The Hall–Kier alpha value is -2.60. The summed E-state index contributed by atoms with van der Waals surface area (Å²) in [5.41, 5.74) is 1.46. The van der Waals surface area contributed by atoms with Crippen molar-refractivity contribution in [1.82, 2.24) is 15.1 Å². The predicted octanol–water partition coefficient (Wildman–Crippen LogP) is 3.63. The zero-order valence-corrected chi connectivity index (χ0v) is 12.1. The first-order valence-corrected chi connectivity index (χ1v) is 6.69. The van der Waals surface area contributed by atoms with Crippen molar-refractivity contribution in [2.45, 2.75) is 6.92 Å². The van der Waals surface area contributed by atoms with Gasteiger partial charge < -0.3 is 4.52 Å². The molecule has 110 valence electrons. The van der Waals surface area contributed by atoms with Crippen molar-refractivity contribution < 1.29 is 13.7 Å². The minimum Gasteiger partial charge on any atom is -0.339 e. The zero-order valence-electron chi connectivity index (χ0n) is 11.4. The van der Waals surface area contributed by atoms with Crippen LogP contribution in [0, 0.1) is 12.7 Å². The number of aromatic nitrogens is 3. The third-order valence-corrected chi connectivity index (χ3v) is 3.24. The fraction of sp³-hybridized carbons (Fsp3) is 0.0667. The molecular weight excluding hydrogens is 309 g/mol. The van der Waals surface area contributed by atoms with Gasteiger partial charge in [0.15, 0.2) is 0 Å². The maximum atomic E-state index is 14.3. The molecule has 1 aromatic carbocycles. The molecule has 3 aromatic rings. The average Bonchev–Trinajstić information content (AvgIpc) is 2.94. The van der Waals surface area contributed by atoms with Crippen molar-refractivity contribution in [3.8, 4) is 22.6 Å². The Morgan fingerprint density at radius 1 is 1.27 bits per heavy atom. The molecule has 0 spiro atoms. The van der Waals surface area contributed by atoms with Crippen LogP contribution in [0.4, 0.5) is 4.39 Å². The summed E-state index contributed by atoms with van der Waals surface area (Å²) in [5, 5.41) is 3.13.